The Bertz CT molecular complexity index is 306. The van der Waals surface area contributed by atoms with Crippen LogP contribution in [0.3, 0.4) is 0 Å². The van der Waals surface area contributed by atoms with Crippen LogP contribution in [0.1, 0.15) is 58.3 Å². The molecule has 1 aliphatic heterocycles. The molecule has 1 atom stereocenters. The van der Waals surface area contributed by atoms with Gasteiger partial charge < -0.3 is 10.1 Å². The number of nitrogens with zero attached hydrogens (tertiary/aromatic N) is 1. The van der Waals surface area contributed by atoms with Gasteiger partial charge in [0.2, 0.25) is 0 Å². The van der Waals surface area contributed by atoms with Crippen molar-refractivity contribution in [3.63, 3.8) is 0 Å². The number of nitrogens with one attached hydrogen (secondary N) is 1. The summed E-state index contributed by atoms with van der Waals surface area (Å²) in [5.74, 6) is 0. The van der Waals surface area contributed by atoms with Gasteiger partial charge >= 0.3 is 0 Å². The van der Waals surface area contributed by atoms with E-state index in [4.69, 9.17) is 4.74 Å². The molecule has 0 aromatic rings. The van der Waals surface area contributed by atoms with Crippen LogP contribution < -0.4 is 5.32 Å². The first-order valence-corrected chi connectivity index (χ1v) is 8.21. The summed E-state index contributed by atoms with van der Waals surface area (Å²) < 4.78 is 5.45. The quantitative estimate of drug-likeness (QED) is 0.849. The minimum atomic E-state index is 0.426. The van der Waals surface area contributed by atoms with Crippen molar-refractivity contribution in [3.05, 3.63) is 0 Å². The van der Waals surface area contributed by atoms with E-state index in [1.807, 2.05) is 7.11 Å². The summed E-state index contributed by atoms with van der Waals surface area (Å²) in [5, 5.41) is 3.97. The third-order valence-corrected chi connectivity index (χ3v) is 5.91. The predicted octanol–water partition coefficient (Wildman–Crippen LogP) is 2.55. The maximum absolute atomic E-state index is 5.45. The van der Waals surface area contributed by atoms with E-state index in [9.17, 15) is 0 Å². The van der Waals surface area contributed by atoms with Crippen molar-refractivity contribution in [2.45, 2.75) is 75.4 Å². The topological polar surface area (TPSA) is 24.5 Å². The van der Waals surface area contributed by atoms with Crippen molar-refractivity contribution in [2.24, 2.45) is 0 Å². The second-order valence-corrected chi connectivity index (χ2v) is 7.20. The molecule has 0 amide bonds. The molecule has 0 aromatic heterocycles. The minimum Gasteiger partial charge on any atom is -0.383 e. The molecular weight excluding hydrogens is 236 g/mol. The van der Waals surface area contributed by atoms with Crippen LogP contribution in [0.15, 0.2) is 0 Å². The first-order chi connectivity index (χ1) is 9.20. The summed E-state index contributed by atoms with van der Waals surface area (Å²) >= 11 is 0. The van der Waals surface area contributed by atoms with Gasteiger partial charge in [-0.15, -0.1) is 0 Å². The molecule has 2 spiro atoms. The summed E-state index contributed by atoms with van der Waals surface area (Å²) in [4.78, 5) is 2.82. The van der Waals surface area contributed by atoms with Crippen LogP contribution >= 0.6 is 0 Å². The van der Waals surface area contributed by atoms with Crippen LogP contribution in [0.25, 0.3) is 0 Å². The van der Waals surface area contributed by atoms with Crippen LogP contribution in [0.4, 0.5) is 0 Å². The molecule has 1 saturated heterocycles. The van der Waals surface area contributed by atoms with Crippen molar-refractivity contribution >= 4 is 0 Å². The van der Waals surface area contributed by atoms with Crippen LogP contribution in [-0.2, 0) is 4.74 Å². The lowest BCUT2D eigenvalue weighted by atomic mass is 9.83. The van der Waals surface area contributed by atoms with Gasteiger partial charge in [-0.25, -0.2) is 0 Å². The van der Waals surface area contributed by atoms with Crippen molar-refractivity contribution in [1.82, 2.24) is 10.2 Å². The van der Waals surface area contributed by atoms with E-state index in [1.165, 1.54) is 64.5 Å². The highest BCUT2D eigenvalue weighted by atomic mass is 16.5. The maximum Gasteiger partial charge on any atom is 0.0615 e. The molecule has 3 aliphatic rings. The molecular formula is C16H30N2O. The van der Waals surface area contributed by atoms with Gasteiger partial charge in [-0.1, -0.05) is 25.7 Å². The Morgan fingerprint density at radius 1 is 1.11 bits per heavy atom. The Balaban J connectivity index is 1.79. The molecule has 1 heterocycles. The van der Waals surface area contributed by atoms with Gasteiger partial charge in [0.25, 0.3) is 0 Å². The predicted molar refractivity (Wildman–Crippen MR) is 78.4 cm³/mol. The average molecular weight is 266 g/mol. The number of piperazine rings is 1. The Hall–Kier alpha value is -0.120. The molecule has 3 fully saturated rings. The van der Waals surface area contributed by atoms with Crippen molar-refractivity contribution in [1.29, 1.82) is 0 Å². The van der Waals surface area contributed by atoms with Crippen molar-refractivity contribution in [3.8, 4) is 0 Å². The van der Waals surface area contributed by atoms with Gasteiger partial charge in [-0.05, 0) is 32.6 Å². The van der Waals surface area contributed by atoms with E-state index in [-0.39, 0.29) is 0 Å². The Morgan fingerprint density at radius 2 is 1.74 bits per heavy atom. The highest BCUT2D eigenvalue weighted by molar-refractivity contribution is 5.09. The molecule has 1 unspecified atom stereocenters. The molecule has 3 heteroatoms. The lowest BCUT2D eigenvalue weighted by Gasteiger charge is -2.55. The van der Waals surface area contributed by atoms with E-state index >= 15 is 0 Å². The van der Waals surface area contributed by atoms with E-state index < -0.39 is 0 Å². The van der Waals surface area contributed by atoms with E-state index in [1.54, 1.807) is 0 Å². The number of hydrogen-bond acceptors (Lipinski definition) is 3. The van der Waals surface area contributed by atoms with E-state index in [0.29, 0.717) is 17.1 Å². The lowest BCUT2D eigenvalue weighted by Crippen LogP contribution is -2.70. The summed E-state index contributed by atoms with van der Waals surface area (Å²) in [6, 6.07) is 0.558. The fourth-order valence-electron chi connectivity index (χ4n) is 4.84. The van der Waals surface area contributed by atoms with Crippen LogP contribution in [0, 0.1) is 0 Å². The molecule has 0 radical (unpaired) electrons. The molecule has 0 aromatic carbocycles. The zero-order valence-corrected chi connectivity index (χ0v) is 12.7. The van der Waals surface area contributed by atoms with E-state index in [0.717, 1.165) is 6.61 Å². The monoisotopic (exact) mass is 266 g/mol. The van der Waals surface area contributed by atoms with Crippen molar-refractivity contribution < 1.29 is 4.74 Å². The molecule has 1 N–H and O–H groups in total. The Morgan fingerprint density at radius 3 is 2.37 bits per heavy atom. The third kappa shape index (κ3) is 2.45. The Kier molecular flexibility index (Phi) is 3.89. The first-order valence-electron chi connectivity index (χ1n) is 8.21. The average Bonchev–Trinajstić information content (AvgIpc) is 3.03. The zero-order valence-electron chi connectivity index (χ0n) is 12.7. The molecule has 2 aliphatic carbocycles. The van der Waals surface area contributed by atoms with Crippen LogP contribution in [-0.4, -0.2) is 48.8 Å². The number of rotatable bonds is 3. The normalized spacial score (nSPS) is 31.3. The zero-order chi connectivity index (χ0) is 13.3. The summed E-state index contributed by atoms with van der Waals surface area (Å²) in [6.07, 6.45) is 11.1. The minimum absolute atomic E-state index is 0.426. The highest BCUT2D eigenvalue weighted by Gasteiger charge is 2.50. The third-order valence-electron chi connectivity index (χ3n) is 5.91. The molecule has 0 bridgehead atoms. The highest BCUT2D eigenvalue weighted by Crippen LogP contribution is 2.43. The van der Waals surface area contributed by atoms with Crippen LogP contribution in [0.2, 0.25) is 0 Å². The number of methoxy groups -OCH3 is 1. The van der Waals surface area contributed by atoms with Gasteiger partial charge in [0.15, 0.2) is 0 Å². The van der Waals surface area contributed by atoms with E-state index in [2.05, 4.69) is 17.1 Å². The van der Waals surface area contributed by atoms with Gasteiger partial charge in [-0.3, -0.25) is 4.90 Å². The van der Waals surface area contributed by atoms with Gasteiger partial charge in [0.1, 0.15) is 0 Å². The van der Waals surface area contributed by atoms with Gasteiger partial charge in [0, 0.05) is 37.3 Å². The second-order valence-electron chi connectivity index (χ2n) is 7.20. The second kappa shape index (κ2) is 5.34. The molecule has 2 saturated carbocycles. The van der Waals surface area contributed by atoms with Gasteiger partial charge in [0.05, 0.1) is 6.61 Å². The van der Waals surface area contributed by atoms with Crippen molar-refractivity contribution in [2.75, 3.05) is 26.8 Å². The summed E-state index contributed by atoms with van der Waals surface area (Å²) in [7, 11) is 1.84. The number of hydrogen-bond donors (Lipinski definition) is 1. The molecule has 3 nitrogen and oxygen atoms in total. The maximum atomic E-state index is 5.45. The summed E-state index contributed by atoms with van der Waals surface area (Å²) in [5.41, 5.74) is 0.863. The number of ether oxygens (including phenoxy) is 1. The van der Waals surface area contributed by atoms with Crippen LogP contribution in [0.5, 0.6) is 0 Å². The molecule has 110 valence electrons. The lowest BCUT2D eigenvalue weighted by molar-refractivity contribution is -0.0386. The SMILES string of the molecule is COCC(C)N1CC2(CCCC2)NCC12CCCC2. The largest absolute Gasteiger partial charge is 0.383 e. The first kappa shape index (κ1) is 13.8. The standard InChI is InChI=1S/C16H30N2O/c1-14(11-19-2)18-13-15(7-3-4-8-15)17-12-16(18)9-5-6-10-16/h14,17H,3-13H2,1-2H3. The van der Waals surface area contributed by atoms with Gasteiger partial charge in [-0.2, -0.15) is 0 Å². The summed E-state index contributed by atoms with van der Waals surface area (Å²) in [6.45, 7) is 5.69. The fourth-order valence-corrected chi connectivity index (χ4v) is 4.84. The Labute approximate surface area is 118 Å². The molecule has 3 rings (SSSR count). The smallest absolute Gasteiger partial charge is 0.0615 e. The molecule has 19 heavy (non-hydrogen) atoms. The fraction of sp³-hybridized carbons (Fsp3) is 1.00.